The van der Waals surface area contributed by atoms with Gasteiger partial charge in [0.15, 0.2) is 0 Å². The van der Waals surface area contributed by atoms with E-state index in [-0.39, 0.29) is 19.6 Å². The Morgan fingerprint density at radius 1 is 0.490 bits per heavy atom. The smallest absolute Gasteiger partial charge is 0.359 e. The van der Waals surface area contributed by atoms with Gasteiger partial charge in [0.25, 0.3) is 6.10 Å². The fourth-order valence-corrected chi connectivity index (χ4v) is 5.99. The summed E-state index contributed by atoms with van der Waals surface area (Å²) in [5, 5.41) is 0. The zero-order valence-corrected chi connectivity index (χ0v) is 33.0. The van der Waals surface area contributed by atoms with Crippen LogP contribution in [0.1, 0.15) is 189 Å². The number of nitrogens with zero attached hydrogens (tertiary/aromatic N) is 2. The first-order valence-corrected chi connectivity index (χ1v) is 20.9. The lowest BCUT2D eigenvalue weighted by atomic mass is 10.1. The van der Waals surface area contributed by atoms with E-state index in [0.29, 0.717) is 6.54 Å². The third-order valence-electron chi connectivity index (χ3n) is 9.21. The van der Waals surface area contributed by atoms with E-state index in [1.54, 1.807) is 0 Å². The Morgan fingerprint density at radius 2 is 0.816 bits per heavy atom. The van der Waals surface area contributed by atoms with Crippen molar-refractivity contribution in [3.05, 3.63) is 0 Å². The highest BCUT2D eigenvalue weighted by atomic mass is 16.6. The summed E-state index contributed by atoms with van der Waals surface area (Å²) in [6, 6.07) is 0. The molecule has 0 aliphatic carbocycles. The molecular weight excluding hydrogens is 616 g/mol. The number of carbonyl (C=O) groups is 3. The molecule has 0 bridgehead atoms. The fraction of sp³-hybridized carbons (Fsp3) is 0.927. The van der Waals surface area contributed by atoms with Crippen LogP contribution in [0.2, 0.25) is 0 Å². The lowest BCUT2D eigenvalue weighted by Gasteiger charge is -2.33. The molecule has 8 nitrogen and oxygen atoms in total. The van der Waals surface area contributed by atoms with Gasteiger partial charge in [0, 0.05) is 32.7 Å². The summed E-state index contributed by atoms with van der Waals surface area (Å²) in [7, 11) is 0. The maximum Gasteiger partial charge on any atom is 0.359 e. The average Bonchev–Trinajstić information content (AvgIpc) is 3.11. The second-order valence-electron chi connectivity index (χ2n) is 14.0. The monoisotopic (exact) mass is 697 g/mol. The first kappa shape index (κ1) is 47.3. The molecule has 49 heavy (non-hydrogen) atoms. The van der Waals surface area contributed by atoms with E-state index >= 15 is 0 Å². The van der Waals surface area contributed by atoms with Crippen molar-refractivity contribution in [1.82, 2.24) is 9.80 Å². The van der Waals surface area contributed by atoms with Gasteiger partial charge >= 0.3 is 17.9 Å². The van der Waals surface area contributed by atoms with Crippen LogP contribution in [0.15, 0.2) is 0 Å². The van der Waals surface area contributed by atoms with E-state index < -0.39 is 24.0 Å². The summed E-state index contributed by atoms with van der Waals surface area (Å²) in [4.78, 5) is 43.1. The van der Waals surface area contributed by atoms with Crippen molar-refractivity contribution in [2.75, 3.05) is 52.5 Å². The third kappa shape index (κ3) is 29.7. The average molecular weight is 697 g/mol. The molecule has 1 fully saturated rings. The molecule has 0 atom stereocenters. The zero-order chi connectivity index (χ0) is 36.2. The number of rotatable bonds is 31. The molecular formula is C41H80N2O6. The van der Waals surface area contributed by atoms with Crippen LogP contribution in [0.25, 0.3) is 0 Å². The Labute approximate surface area is 303 Å². The molecule has 0 N–H and O–H groups in total. The van der Waals surface area contributed by atoms with Gasteiger partial charge in [0.05, 0.1) is 19.6 Å². The minimum absolute atomic E-state index is 0.125. The summed E-state index contributed by atoms with van der Waals surface area (Å²) in [6.07, 6.45) is 26.1. The maximum atomic E-state index is 12.9. The van der Waals surface area contributed by atoms with Gasteiger partial charge in [-0.25, -0.2) is 9.59 Å². The van der Waals surface area contributed by atoms with Crippen molar-refractivity contribution in [3.63, 3.8) is 0 Å². The summed E-state index contributed by atoms with van der Waals surface area (Å²) in [6.45, 7) is 16.6. The van der Waals surface area contributed by atoms with Gasteiger partial charge in [0.1, 0.15) is 0 Å². The molecule has 290 valence electrons. The predicted octanol–water partition coefficient (Wildman–Crippen LogP) is 10.1. The van der Waals surface area contributed by atoms with Crippen LogP contribution in [-0.4, -0.2) is 86.3 Å². The van der Waals surface area contributed by atoms with Crippen LogP contribution in [-0.2, 0) is 28.6 Å². The summed E-state index contributed by atoms with van der Waals surface area (Å²) in [5.74, 6) is -2.21. The number of hydrogen-bond acceptors (Lipinski definition) is 8. The number of esters is 3. The largest absolute Gasteiger partial charge is 0.462 e. The van der Waals surface area contributed by atoms with Gasteiger partial charge in [0.2, 0.25) is 0 Å². The fourth-order valence-electron chi connectivity index (χ4n) is 5.99. The number of unbranched alkanes of at least 4 members (excludes halogenated alkanes) is 20. The first-order valence-electron chi connectivity index (χ1n) is 20.9. The van der Waals surface area contributed by atoms with Gasteiger partial charge in [-0.05, 0) is 19.4 Å². The summed E-state index contributed by atoms with van der Waals surface area (Å²) < 4.78 is 16.2. The molecule has 0 aromatic carbocycles. The van der Waals surface area contributed by atoms with Crippen molar-refractivity contribution >= 4 is 17.9 Å². The molecule has 1 rings (SSSR count). The molecule has 1 saturated heterocycles. The number of likely N-dealkylation sites (N-methyl/N-ethyl adjacent to an activating group) is 1. The minimum Gasteiger partial charge on any atom is -0.462 e. The Bertz CT molecular complexity index is 716. The molecule has 0 aromatic rings. The van der Waals surface area contributed by atoms with E-state index in [2.05, 4.69) is 44.4 Å². The van der Waals surface area contributed by atoms with Crippen LogP contribution in [0.3, 0.4) is 0 Å². The van der Waals surface area contributed by atoms with Crippen LogP contribution >= 0.6 is 0 Å². The molecule has 0 radical (unpaired) electrons. The molecule has 0 saturated carbocycles. The normalized spacial score (nSPS) is 13.6. The highest BCUT2D eigenvalue weighted by Gasteiger charge is 2.34. The van der Waals surface area contributed by atoms with Gasteiger partial charge in [-0.15, -0.1) is 0 Å². The standard InChI is InChI=1S/C38H72N2O6.C3H8/c1-4-7-9-11-13-15-17-19-21-23-25-33-44-37(42)36(46-35(41)27-28-40-31-29-39(6-3)30-32-40)38(43)45-34-26-24-22-20-18-16-14-12-10-8-5-2;1-3-2/h36H,4-34H2,1-3H3;3H2,1-2H3. The first-order chi connectivity index (χ1) is 23.9. The lowest BCUT2D eigenvalue weighted by molar-refractivity contribution is -0.180. The van der Waals surface area contributed by atoms with Crippen LogP contribution in [0.4, 0.5) is 0 Å². The van der Waals surface area contributed by atoms with E-state index in [4.69, 9.17) is 14.2 Å². The van der Waals surface area contributed by atoms with Crippen molar-refractivity contribution in [3.8, 4) is 0 Å². The predicted molar refractivity (Wildman–Crippen MR) is 204 cm³/mol. The van der Waals surface area contributed by atoms with E-state index in [9.17, 15) is 14.4 Å². The minimum atomic E-state index is -1.65. The van der Waals surface area contributed by atoms with Crippen molar-refractivity contribution < 1.29 is 28.6 Å². The quantitative estimate of drug-likeness (QED) is 0.0307. The molecule has 0 spiro atoms. The lowest BCUT2D eigenvalue weighted by Crippen LogP contribution is -2.46. The van der Waals surface area contributed by atoms with E-state index in [1.165, 1.54) is 109 Å². The van der Waals surface area contributed by atoms with Crippen molar-refractivity contribution in [2.24, 2.45) is 0 Å². The molecule has 1 heterocycles. The topological polar surface area (TPSA) is 85.4 Å². The molecule has 1 aliphatic heterocycles. The molecule has 1 aliphatic rings. The highest BCUT2D eigenvalue weighted by molar-refractivity contribution is 5.99. The van der Waals surface area contributed by atoms with Crippen LogP contribution < -0.4 is 0 Å². The molecule has 8 heteroatoms. The van der Waals surface area contributed by atoms with Gasteiger partial charge in [-0.2, -0.15) is 0 Å². The van der Waals surface area contributed by atoms with E-state index in [0.717, 1.165) is 71.2 Å². The second kappa shape index (κ2) is 36.1. The Morgan fingerprint density at radius 3 is 1.16 bits per heavy atom. The van der Waals surface area contributed by atoms with Gasteiger partial charge in [-0.3, -0.25) is 4.79 Å². The summed E-state index contributed by atoms with van der Waals surface area (Å²) >= 11 is 0. The maximum absolute atomic E-state index is 12.9. The Kier molecular flexibility index (Phi) is 34.9. The van der Waals surface area contributed by atoms with Gasteiger partial charge < -0.3 is 24.0 Å². The number of carbonyl (C=O) groups excluding carboxylic acids is 3. The zero-order valence-electron chi connectivity index (χ0n) is 33.0. The second-order valence-corrected chi connectivity index (χ2v) is 14.0. The third-order valence-corrected chi connectivity index (χ3v) is 9.21. The van der Waals surface area contributed by atoms with Crippen LogP contribution in [0, 0.1) is 0 Å². The molecule has 0 unspecified atom stereocenters. The van der Waals surface area contributed by atoms with Crippen molar-refractivity contribution in [1.29, 1.82) is 0 Å². The SMILES string of the molecule is CCC.CCCCCCCCCCCCCOC(=O)C(OC(=O)CCN1CCN(CC)CC1)C(=O)OCCCCCCCCCCCCC. The number of hydrogen-bond donors (Lipinski definition) is 0. The van der Waals surface area contributed by atoms with Crippen molar-refractivity contribution in [2.45, 2.75) is 195 Å². The molecule has 0 amide bonds. The highest BCUT2D eigenvalue weighted by Crippen LogP contribution is 2.14. The van der Waals surface area contributed by atoms with E-state index in [1.807, 2.05) is 0 Å². The van der Waals surface area contributed by atoms with Gasteiger partial charge in [-0.1, -0.05) is 169 Å². The Balaban J connectivity index is 0.00000738. The number of ether oxygens (including phenoxy) is 3. The van der Waals surface area contributed by atoms with Crippen LogP contribution in [0.5, 0.6) is 0 Å². The summed E-state index contributed by atoms with van der Waals surface area (Å²) in [5.41, 5.74) is 0. The number of piperazine rings is 1. The Hall–Kier alpha value is -1.67. The molecule has 0 aromatic heterocycles.